The van der Waals surface area contributed by atoms with Gasteiger partial charge in [0.2, 0.25) is 0 Å². The molecule has 8 nitrogen and oxygen atoms in total. The fourth-order valence-electron chi connectivity index (χ4n) is 2.48. The molecule has 0 unspecified atom stereocenters. The predicted octanol–water partition coefficient (Wildman–Crippen LogP) is 1.76. The van der Waals surface area contributed by atoms with Gasteiger partial charge in [0.25, 0.3) is 0 Å². The Bertz CT molecular complexity index is 385. The van der Waals surface area contributed by atoms with Gasteiger partial charge in [-0.3, -0.25) is 4.52 Å². The summed E-state index contributed by atoms with van der Waals surface area (Å²) >= 11 is 0. The second-order valence-corrected chi connectivity index (χ2v) is 8.70. The first-order valence-electron chi connectivity index (χ1n) is 9.54. The molecule has 11 heteroatoms. The van der Waals surface area contributed by atoms with Crippen LogP contribution < -0.4 is 51.4 Å². The molecule has 5 N–H and O–H groups in total. The van der Waals surface area contributed by atoms with Gasteiger partial charge in [-0.25, -0.2) is 9.13 Å². The van der Waals surface area contributed by atoms with Crippen molar-refractivity contribution in [1.82, 2.24) is 0 Å². The van der Waals surface area contributed by atoms with Crippen LogP contribution in [0.2, 0.25) is 0 Å². The zero-order valence-corrected chi connectivity index (χ0v) is 21.9. The van der Waals surface area contributed by atoms with E-state index in [2.05, 4.69) is 11.4 Å². The van der Waals surface area contributed by atoms with Gasteiger partial charge in [-0.1, -0.05) is 90.4 Å². The van der Waals surface area contributed by atoms with Crippen LogP contribution in [0.4, 0.5) is 0 Å². The third-order valence-electron chi connectivity index (χ3n) is 3.76. The Kier molecular flexibility index (Phi) is 28.0. The number of phosphoric ester groups is 1. The van der Waals surface area contributed by atoms with Crippen LogP contribution in [-0.4, -0.2) is 31.1 Å². The Morgan fingerprint density at radius 1 is 0.630 bits per heavy atom. The van der Waals surface area contributed by atoms with Crippen LogP contribution in [0.25, 0.3) is 0 Å². The second-order valence-electron chi connectivity index (χ2n) is 6.43. The van der Waals surface area contributed by atoms with Crippen molar-refractivity contribution >= 4 is 15.6 Å². The average molecular weight is 461 g/mol. The van der Waals surface area contributed by atoms with Crippen molar-refractivity contribution in [2.24, 2.45) is 0 Å². The van der Waals surface area contributed by atoms with Crippen molar-refractivity contribution in [2.45, 2.75) is 96.8 Å². The molecule has 0 aromatic heterocycles. The molecule has 0 radical (unpaired) electrons. The molecule has 0 amide bonds. The third-order valence-corrected chi connectivity index (χ3v) is 4.28. The quantitative estimate of drug-likeness (QED) is 0.133. The van der Waals surface area contributed by atoms with Crippen molar-refractivity contribution < 1.29 is 90.9 Å². The van der Waals surface area contributed by atoms with E-state index in [1.807, 2.05) is 0 Å². The Labute approximate surface area is 208 Å². The summed E-state index contributed by atoms with van der Waals surface area (Å²) in [5, 5.41) is 0. The fraction of sp³-hybridized carbons (Fsp3) is 1.00. The molecule has 162 valence electrons. The molecule has 0 aromatic carbocycles. The van der Waals surface area contributed by atoms with Crippen molar-refractivity contribution in [3.8, 4) is 0 Å². The van der Waals surface area contributed by atoms with E-state index in [0.717, 1.165) is 19.3 Å². The number of hydrogen-bond donors (Lipinski definition) is 5. The minimum atomic E-state index is -4.64. The summed E-state index contributed by atoms with van der Waals surface area (Å²) in [6, 6.07) is 0. The number of phosphoric acid groups is 2. The minimum absolute atomic E-state index is 0. The summed E-state index contributed by atoms with van der Waals surface area (Å²) in [5.41, 5.74) is 0. The maximum Gasteiger partial charge on any atom is 1.00 e. The van der Waals surface area contributed by atoms with Crippen LogP contribution in [0.1, 0.15) is 98.2 Å². The average Bonchev–Trinajstić information content (AvgIpc) is 2.48. The molecule has 0 aromatic rings. The monoisotopic (exact) mass is 460 g/mol. The topological polar surface area (TPSA) is 145 Å². The Balaban J connectivity index is -0.000000364. The van der Waals surface area contributed by atoms with Gasteiger partial charge in [-0.05, 0) is 6.42 Å². The molecule has 0 aliphatic carbocycles. The van der Waals surface area contributed by atoms with Gasteiger partial charge in [0, 0.05) is 0 Å². The van der Waals surface area contributed by atoms with Gasteiger partial charge >= 0.3 is 67.0 Å². The smallest absolute Gasteiger partial charge is 1.00 e. The van der Waals surface area contributed by atoms with Crippen LogP contribution in [0, 0.1) is 0 Å². The molecular formula is C16H39KO8P2. The Hall–Kier alpha value is 1.86. The SMILES string of the molecule is CCCCCCCCCCCCCCCCOP(=O)(O)O.O=P(O)(O)O.[H-].[K+]. The molecule has 27 heavy (non-hydrogen) atoms. The first-order chi connectivity index (χ1) is 12.1. The summed E-state index contributed by atoms with van der Waals surface area (Å²) < 4.78 is 23.7. The second kappa shape index (κ2) is 22.5. The number of unbranched alkanes of at least 4 members (excludes halogenated alkanes) is 13. The van der Waals surface area contributed by atoms with E-state index in [9.17, 15) is 4.57 Å². The molecule has 0 aliphatic rings. The number of hydrogen-bond acceptors (Lipinski definition) is 3. The molecule has 0 aliphatic heterocycles. The molecular weight excluding hydrogens is 421 g/mol. The summed E-state index contributed by atoms with van der Waals surface area (Å²) in [7, 11) is -8.89. The van der Waals surface area contributed by atoms with Crippen LogP contribution in [0.5, 0.6) is 0 Å². The van der Waals surface area contributed by atoms with E-state index in [4.69, 9.17) is 29.0 Å². The van der Waals surface area contributed by atoms with Gasteiger partial charge < -0.3 is 25.9 Å². The van der Waals surface area contributed by atoms with Crippen LogP contribution in [0.15, 0.2) is 0 Å². The van der Waals surface area contributed by atoms with Crippen LogP contribution in [0.3, 0.4) is 0 Å². The van der Waals surface area contributed by atoms with E-state index >= 15 is 0 Å². The maximum atomic E-state index is 10.4. The summed E-state index contributed by atoms with van der Waals surface area (Å²) in [5.74, 6) is 0. The van der Waals surface area contributed by atoms with E-state index in [-0.39, 0.29) is 59.4 Å². The van der Waals surface area contributed by atoms with Gasteiger partial charge in [0.1, 0.15) is 0 Å². The molecule has 0 bridgehead atoms. The van der Waals surface area contributed by atoms with Gasteiger partial charge in [0.05, 0.1) is 6.61 Å². The molecule has 0 saturated heterocycles. The molecule has 0 rings (SSSR count). The molecule has 0 spiro atoms. The van der Waals surface area contributed by atoms with Gasteiger partial charge in [0.15, 0.2) is 0 Å². The zero-order chi connectivity index (χ0) is 20.3. The van der Waals surface area contributed by atoms with Crippen LogP contribution in [-0.2, 0) is 13.7 Å². The first-order valence-corrected chi connectivity index (χ1v) is 12.6. The molecule has 0 heterocycles. The Morgan fingerprint density at radius 3 is 1.15 bits per heavy atom. The van der Waals surface area contributed by atoms with Crippen molar-refractivity contribution in [3.63, 3.8) is 0 Å². The zero-order valence-electron chi connectivity index (χ0n) is 18.0. The molecule has 0 fully saturated rings. The van der Waals surface area contributed by atoms with Crippen LogP contribution >= 0.6 is 15.6 Å². The summed E-state index contributed by atoms with van der Waals surface area (Å²) in [4.78, 5) is 38.6. The summed E-state index contributed by atoms with van der Waals surface area (Å²) in [6.07, 6.45) is 17.8. The van der Waals surface area contributed by atoms with Crippen molar-refractivity contribution in [2.75, 3.05) is 6.61 Å². The predicted molar refractivity (Wildman–Crippen MR) is 104 cm³/mol. The Morgan fingerprint density at radius 2 is 0.889 bits per heavy atom. The number of rotatable bonds is 16. The van der Waals surface area contributed by atoms with E-state index < -0.39 is 15.6 Å². The van der Waals surface area contributed by atoms with Gasteiger partial charge in [-0.2, -0.15) is 0 Å². The normalized spacial score (nSPS) is 11.5. The van der Waals surface area contributed by atoms with Crippen molar-refractivity contribution in [1.29, 1.82) is 0 Å². The standard InChI is InChI=1S/C16H35O4P.K.H3O4P.H/c1-2-3-4-5-6-7-8-9-10-11-12-13-14-15-16-20-21(17,18)19;;1-5(2,3)4;/h2-16H2,1H3,(H2,17,18,19);;(H3,1,2,3,4);/q;+1;;-1. The molecule has 0 saturated carbocycles. The van der Waals surface area contributed by atoms with E-state index in [0.29, 0.717) is 0 Å². The largest absolute Gasteiger partial charge is 1.00 e. The minimum Gasteiger partial charge on any atom is -1.00 e. The molecule has 0 atom stereocenters. The first kappa shape index (κ1) is 33.5. The summed E-state index contributed by atoms with van der Waals surface area (Å²) in [6.45, 7) is 2.42. The maximum absolute atomic E-state index is 10.4. The van der Waals surface area contributed by atoms with Crippen molar-refractivity contribution in [3.05, 3.63) is 0 Å². The van der Waals surface area contributed by atoms with E-state index in [1.165, 1.54) is 70.6 Å². The fourth-order valence-corrected chi connectivity index (χ4v) is 2.85. The van der Waals surface area contributed by atoms with E-state index in [1.54, 1.807) is 0 Å². The third kappa shape index (κ3) is 47.2. The van der Waals surface area contributed by atoms with Gasteiger partial charge in [-0.15, -0.1) is 0 Å².